The number of aliphatic hydroxyl groups is 1. The van der Waals surface area contributed by atoms with Crippen molar-refractivity contribution >= 4 is 17.6 Å². The molecule has 0 spiro atoms. The molecule has 234 valence electrons. The molecule has 1 aliphatic rings. The highest BCUT2D eigenvalue weighted by Gasteiger charge is 2.39. The molecule has 5 rings (SSSR count). The zero-order valence-corrected chi connectivity index (χ0v) is 25.4. The third-order valence-corrected chi connectivity index (χ3v) is 8.07. The van der Waals surface area contributed by atoms with E-state index in [9.17, 15) is 14.7 Å². The van der Waals surface area contributed by atoms with Crippen molar-refractivity contribution in [3.8, 4) is 0 Å². The molecule has 3 N–H and O–H groups in total. The van der Waals surface area contributed by atoms with E-state index >= 15 is 0 Å². The second kappa shape index (κ2) is 15.6. The maximum Gasteiger partial charge on any atom is 0.303 e. The second-order valence-corrected chi connectivity index (χ2v) is 11.5. The first-order valence-electron chi connectivity index (χ1n) is 15.3. The predicted molar refractivity (Wildman–Crippen MR) is 172 cm³/mol. The van der Waals surface area contributed by atoms with E-state index in [2.05, 4.69) is 65.7 Å². The van der Waals surface area contributed by atoms with Gasteiger partial charge in [-0.1, -0.05) is 104 Å². The molecule has 45 heavy (non-hydrogen) atoms. The minimum atomic E-state index is -1.02. The summed E-state index contributed by atoms with van der Waals surface area (Å²) >= 11 is 0. The lowest BCUT2D eigenvalue weighted by Gasteiger charge is -2.43. The van der Waals surface area contributed by atoms with Crippen LogP contribution >= 0.6 is 0 Å². The normalized spacial score (nSPS) is 19.7. The maximum absolute atomic E-state index is 12.3. The Morgan fingerprint density at radius 1 is 0.756 bits per heavy atom. The van der Waals surface area contributed by atoms with Gasteiger partial charge in [0, 0.05) is 43.2 Å². The number of aliphatic carboxylic acids is 1. The van der Waals surface area contributed by atoms with Crippen molar-refractivity contribution in [2.45, 2.75) is 58.0 Å². The summed E-state index contributed by atoms with van der Waals surface area (Å²) in [7, 11) is 0. The summed E-state index contributed by atoms with van der Waals surface area (Å²) in [5.41, 5.74) is 5.55. The Bertz CT molecular complexity index is 1490. The van der Waals surface area contributed by atoms with Crippen molar-refractivity contribution in [2.24, 2.45) is 5.92 Å². The smallest absolute Gasteiger partial charge is 0.303 e. The van der Waals surface area contributed by atoms with Gasteiger partial charge >= 0.3 is 5.97 Å². The van der Waals surface area contributed by atoms with Crippen LogP contribution in [0.1, 0.15) is 60.0 Å². The van der Waals surface area contributed by atoms with Gasteiger partial charge < -0.3 is 25.0 Å². The summed E-state index contributed by atoms with van der Waals surface area (Å²) < 4.78 is 13.4. The molecule has 4 aromatic carbocycles. The Morgan fingerprint density at radius 3 is 2.00 bits per heavy atom. The number of carbonyl (C=O) groups is 2. The summed E-state index contributed by atoms with van der Waals surface area (Å²) in [5, 5.41) is 21.3. The van der Waals surface area contributed by atoms with Gasteiger partial charge in [0.1, 0.15) is 0 Å². The van der Waals surface area contributed by atoms with Gasteiger partial charge in [0.2, 0.25) is 5.91 Å². The number of nitrogens with one attached hydrogen (secondary N) is 1. The lowest BCUT2D eigenvalue weighted by Crippen LogP contribution is -2.44. The van der Waals surface area contributed by atoms with Gasteiger partial charge in [-0.2, -0.15) is 0 Å². The largest absolute Gasteiger partial charge is 0.481 e. The van der Waals surface area contributed by atoms with Crippen LogP contribution in [0.3, 0.4) is 0 Å². The number of hydrogen-bond acceptors (Lipinski definition) is 6. The van der Waals surface area contributed by atoms with E-state index in [0.29, 0.717) is 12.2 Å². The highest BCUT2D eigenvalue weighted by Crippen LogP contribution is 2.42. The molecule has 4 atom stereocenters. The molecule has 1 amide bonds. The average molecular weight is 609 g/mol. The van der Waals surface area contributed by atoms with Crippen LogP contribution in [0.2, 0.25) is 0 Å². The molecular weight excluding hydrogens is 568 g/mol. The lowest BCUT2D eigenvalue weighted by molar-refractivity contribution is -0.276. The zero-order chi connectivity index (χ0) is 31.6. The van der Waals surface area contributed by atoms with Crippen LogP contribution in [-0.2, 0) is 38.8 Å². The van der Waals surface area contributed by atoms with E-state index in [1.165, 1.54) is 11.1 Å². The van der Waals surface area contributed by atoms with Gasteiger partial charge in [-0.3, -0.25) is 14.5 Å². The predicted octanol–water partition coefficient (Wildman–Crippen LogP) is 6.48. The Hall–Kier alpha value is -4.34. The first-order valence-corrected chi connectivity index (χ1v) is 15.3. The van der Waals surface area contributed by atoms with Crippen LogP contribution < -0.4 is 5.32 Å². The third-order valence-electron chi connectivity index (χ3n) is 8.07. The quantitative estimate of drug-likeness (QED) is 0.160. The monoisotopic (exact) mass is 608 g/mol. The molecule has 0 radical (unpaired) electrons. The van der Waals surface area contributed by atoms with E-state index in [1.807, 2.05) is 54.6 Å². The van der Waals surface area contributed by atoms with Gasteiger partial charge in [0.05, 0.1) is 25.2 Å². The standard InChI is InChI=1S/C37H40N2O6/c1-26-33(24-39(22-27-9-4-2-5-10-27)23-28-11-6-3-7-12-28)44-37(45-36(26)30-17-15-29(25-40)16-18-30)31-13-8-14-32(21-31)38-34(41)19-20-35(42)43/h2-18,21,26,33,36-37,40H,19-20,22-25H2,1H3,(H,38,41)(H,42,43). The number of aliphatic hydroxyl groups excluding tert-OH is 1. The number of carboxylic acid groups (broad SMARTS) is 1. The van der Waals surface area contributed by atoms with Crippen molar-refractivity contribution in [1.29, 1.82) is 0 Å². The number of benzene rings is 4. The van der Waals surface area contributed by atoms with Gasteiger partial charge in [-0.15, -0.1) is 0 Å². The number of hydrogen-bond donors (Lipinski definition) is 3. The van der Waals surface area contributed by atoms with Crippen molar-refractivity contribution < 1.29 is 29.3 Å². The van der Waals surface area contributed by atoms with Gasteiger partial charge in [0.25, 0.3) is 0 Å². The highest BCUT2D eigenvalue weighted by molar-refractivity contribution is 5.92. The number of anilines is 1. The van der Waals surface area contributed by atoms with Crippen molar-refractivity contribution in [1.82, 2.24) is 4.90 Å². The lowest BCUT2D eigenvalue weighted by atomic mass is 9.89. The molecule has 8 heteroatoms. The number of carboxylic acids is 1. The molecular formula is C37H40N2O6. The Labute approximate surface area is 264 Å². The van der Waals surface area contributed by atoms with E-state index in [1.54, 1.807) is 6.07 Å². The van der Waals surface area contributed by atoms with Crippen molar-refractivity contribution in [3.05, 3.63) is 137 Å². The average Bonchev–Trinajstić information content (AvgIpc) is 3.06. The fourth-order valence-electron chi connectivity index (χ4n) is 5.66. The molecule has 1 fully saturated rings. The topological polar surface area (TPSA) is 108 Å². The number of ether oxygens (including phenoxy) is 2. The molecule has 4 aromatic rings. The molecule has 0 aliphatic carbocycles. The summed E-state index contributed by atoms with van der Waals surface area (Å²) in [5.74, 6) is -1.39. The Morgan fingerprint density at radius 2 is 1.40 bits per heavy atom. The molecule has 0 bridgehead atoms. The maximum atomic E-state index is 12.3. The molecule has 0 saturated carbocycles. The van der Waals surface area contributed by atoms with Crippen LogP contribution in [0.25, 0.3) is 0 Å². The van der Waals surface area contributed by atoms with Crippen LogP contribution in [0.15, 0.2) is 109 Å². The van der Waals surface area contributed by atoms with Gasteiger partial charge in [0.15, 0.2) is 6.29 Å². The summed E-state index contributed by atoms with van der Waals surface area (Å²) in [6, 6.07) is 35.9. The van der Waals surface area contributed by atoms with E-state index in [4.69, 9.17) is 14.6 Å². The summed E-state index contributed by atoms with van der Waals surface area (Å²) in [6.07, 6.45) is -1.54. The molecule has 1 heterocycles. The number of carbonyl (C=O) groups excluding carboxylic acids is 1. The minimum absolute atomic E-state index is 0.00539. The molecule has 1 aliphatic heterocycles. The van der Waals surface area contributed by atoms with Crippen molar-refractivity contribution in [2.75, 3.05) is 11.9 Å². The van der Waals surface area contributed by atoms with Gasteiger partial charge in [-0.25, -0.2) is 0 Å². The first-order chi connectivity index (χ1) is 21.9. The molecule has 1 saturated heterocycles. The Kier molecular flexibility index (Phi) is 11.1. The zero-order valence-electron chi connectivity index (χ0n) is 25.4. The van der Waals surface area contributed by atoms with Crippen LogP contribution in [0.5, 0.6) is 0 Å². The SMILES string of the molecule is CC1C(CN(Cc2ccccc2)Cc2ccccc2)OC(c2cccc(NC(=O)CCC(=O)O)c2)OC1c1ccc(CO)cc1. The first kappa shape index (κ1) is 32.1. The summed E-state index contributed by atoms with van der Waals surface area (Å²) in [6.45, 7) is 4.27. The molecule has 4 unspecified atom stereocenters. The number of rotatable bonds is 13. The second-order valence-electron chi connectivity index (χ2n) is 11.5. The fourth-order valence-corrected chi connectivity index (χ4v) is 5.66. The van der Waals surface area contributed by atoms with Crippen LogP contribution in [-0.4, -0.2) is 39.6 Å². The highest BCUT2D eigenvalue weighted by atomic mass is 16.7. The van der Waals surface area contributed by atoms with Crippen LogP contribution in [0.4, 0.5) is 5.69 Å². The fraction of sp³-hybridized carbons (Fsp3) is 0.297. The van der Waals surface area contributed by atoms with E-state index < -0.39 is 12.3 Å². The number of amides is 1. The summed E-state index contributed by atoms with van der Waals surface area (Å²) in [4.78, 5) is 25.7. The third kappa shape index (κ3) is 9.09. The number of nitrogens with zero attached hydrogens (tertiary/aromatic N) is 1. The molecule has 0 aromatic heterocycles. The molecule has 8 nitrogen and oxygen atoms in total. The van der Waals surface area contributed by atoms with E-state index in [-0.39, 0.29) is 43.5 Å². The van der Waals surface area contributed by atoms with Crippen molar-refractivity contribution in [3.63, 3.8) is 0 Å². The minimum Gasteiger partial charge on any atom is -0.481 e. The van der Waals surface area contributed by atoms with E-state index in [0.717, 1.165) is 29.8 Å². The Balaban J connectivity index is 1.42. The van der Waals surface area contributed by atoms with Crippen LogP contribution in [0, 0.1) is 5.92 Å². The van der Waals surface area contributed by atoms with Gasteiger partial charge in [-0.05, 0) is 34.4 Å².